The first-order valence-corrected chi connectivity index (χ1v) is 8.67. The van der Waals surface area contributed by atoms with Gasteiger partial charge in [0.05, 0.1) is 19.1 Å². The molecule has 2 aromatic carbocycles. The van der Waals surface area contributed by atoms with Crippen LogP contribution in [0.3, 0.4) is 0 Å². The molecule has 1 amide bonds. The highest BCUT2D eigenvalue weighted by Gasteiger charge is 2.24. The number of aliphatic hydroxyl groups is 1. The average molecular weight is 377 g/mol. The zero-order valence-electron chi connectivity index (χ0n) is 14.6. The van der Waals surface area contributed by atoms with E-state index in [0.29, 0.717) is 26.1 Å². The minimum atomic E-state index is -0.380. The molecule has 2 atom stereocenters. The summed E-state index contributed by atoms with van der Waals surface area (Å²) in [7, 11) is 0. The molecule has 1 saturated heterocycles. The van der Waals surface area contributed by atoms with E-state index in [1.165, 1.54) is 0 Å². The van der Waals surface area contributed by atoms with Crippen LogP contribution in [0.4, 0.5) is 0 Å². The Hall–Kier alpha value is -2.08. The number of hydrogen-bond donors (Lipinski definition) is 3. The van der Waals surface area contributed by atoms with Crippen molar-refractivity contribution in [1.29, 1.82) is 0 Å². The molecule has 1 heterocycles. The summed E-state index contributed by atoms with van der Waals surface area (Å²) in [5.74, 6) is 0.803. The minimum absolute atomic E-state index is 0. The van der Waals surface area contributed by atoms with Crippen LogP contribution < -0.4 is 15.4 Å². The Kier molecular flexibility index (Phi) is 7.91. The van der Waals surface area contributed by atoms with E-state index in [9.17, 15) is 9.90 Å². The summed E-state index contributed by atoms with van der Waals surface area (Å²) in [6.07, 6.45) is -0.0892. The number of ether oxygens (including phenoxy) is 1. The van der Waals surface area contributed by atoms with E-state index in [0.717, 1.165) is 23.4 Å². The quantitative estimate of drug-likeness (QED) is 0.693. The number of rotatable bonds is 7. The maximum Gasteiger partial charge on any atom is 0.223 e. The number of β-amino-alcohol motifs (C(OH)–C–C–N with tert-alkyl or cyclic N) is 1. The molecule has 6 heteroatoms. The maximum absolute atomic E-state index is 12.0. The molecular weight excluding hydrogens is 352 g/mol. The molecule has 1 aliphatic heterocycles. The van der Waals surface area contributed by atoms with Crippen molar-refractivity contribution in [2.45, 2.75) is 12.5 Å². The van der Waals surface area contributed by atoms with Crippen molar-refractivity contribution in [2.24, 2.45) is 5.92 Å². The van der Waals surface area contributed by atoms with Crippen LogP contribution in [0.5, 0.6) is 5.75 Å². The van der Waals surface area contributed by atoms with Gasteiger partial charge in [0.2, 0.25) is 5.91 Å². The first kappa shape index (κ1) is 20.2. The largest absolute Gasteiger partial charge is 0.492 e. The van der Waals surface area contributed by atoms with Gasteiger partial charge in [-0.25, -0.2) is 0 Å². The van der Waals surface area contributed by atoms with Gasteiger partial charge in [0, 0.05) is 31.1 Å². The van der Waals surface area contributed by atoms with Crippen LogP contribution in [0.2, 0.25) is 0 Å². The van der Waals surface area contributed by atoms with Crippen molar-refractivity contribution in [2.75, 3.05) is 26.2 Å². The number of nitrogens with one attached hydrogen (secondary N) is 2. The first-order valence-electron chi connectivity index (χ1n) is 8.67. The number of benzene rings is 2. The minimum Gasteiger partial charge on any atom is -0.492 e. The van der Waals surface area contributed by atoms with E-state index in [1.54, 1.807) is 0 Å². The Morgan fingerprint density at radius 2 is 1.85 bits per heavy atom. The number of amides is 1. The fourth-order valence-electron chi connectivity index (χ4n) is 2.96. The summed E-state index contributed by atoms with van der Waals surface area (Å²) in [5.41, 5.74) is 2.11. The van der Waals surface area contributed by atoms with Gasteiger partial charge in [-0.15, -0.1) is 12.4 Å². The Morgan fingerprint density at radius 3 is 2.58 bits per heavy atom. The molecule has 0 radical (unpaired) electrons. The molecule has 2 aromatic rings. The van der Waals surface area contributed by atoms with Crippen LogP contribution in [0, 0.1) is 5.92 Å². The molecule has 26 heavy (non-hydrogen) atoms. The third-order valence-electron chi connectivity index (χ3n) is 4.42. The molecule has 2 unspecified atom stereocenters. The lowest BCUT2D eigenvalue weighted by atomic mass is 10.1. The van der Waals surface area contributed by atoms with Gasteiger partial charge in [-0.1, -0.05) is 48.5 Å². The molecule has 1 fully saturated rings. The predicted molar refractivity (Wildman–Crippen MR) is 105 cm³/mol. The number of halogens is 1. The number of para-hydroxylation sites is 1. The van der Waals surface area contributed by atoms with Gasteiger partial charge in [-0.05, 0) is 11.6 Å². The van der Waals surface area contributed by atoms with E-state index in [2.05, 4.69) is 10.6 Å². The molecule has 0 spiro atoms. The summed E-state index contributed by atoms with van der Waals surface area (Å²) >= 11 is 0. The number of carbonyl (C=O) groups excluding carboxylic acids is 1. The van der Waals surface area contributed by atoms with Crippen LogP contribution in [0.1, 0.15) is 6.42 Å². The predicted octanol–water partition coefficient (Wildman–Crippen LogP) is 2.24. The Labute approximate surface area is 160 Å². The molecule has 1 aliphatic rings. The van der Waals surface area contributed by atoms with Crippen molar-refractivity contribution < 1.29 is 14.6 Å². The topological polar surface area (TPSA) is 70.6 Å². The third kappa shape index (κ3) is 5.46. The maximum atomic E-state index is 12.0. The van der Waals surface area contributed by atoms with E-state index >= 15 is 0 Å². The highest BCUT2D eigenvalue weighted by molar-refractivity contribution is 5.85. The third-order valence-corrected chi connectivity index (χ3v) is 4.42. The summed E-state index contributed by atoms with van der Waals surface area (Å²) in [5, 5.41) is 15.7. The van der Waals surface area contributed by atoms with Gasteiger partial charge in [0.25, 0.3) is 0 Å². The smallest absolute Gasteiger partial charge is 0.223 e. The van der Waals surface area contributed by atoms with Crippen molar-refractivity contribution in [3.8, 4) is 16.9 Å². The monoisotopic (exact) mass is 376 g/mol. The SMILES string of the molecule is Cl.O=C(CCOc1ccccc1-c1ccccc1)NCC1CNCC1O. The van der Waals surface area contributed by atoms with Crippen LogP contribution in [-0.4, -0.2) is 43.4 Å². The standard InChI is InChI=1S/C20H24N2O3.ClH/c23-18-14-21-12-16(18)13-22-20(24)10-11-25-19-9-5-4-8-17(19)15-6-2-1-3-7-15;/h1-9,16,18,21,23H,10-14H2,(H,22,24);1H. The fraction of sp³-hybridized carbons (Fsp3) is 0.350. The summed E-state index contributed by atoms with van der Waals surface area (Å²) < 4.78 is 5.83. The van der Waals surface area contributed by atoms with Gasteiger partial charge >= 0.3 is 0 Å². The second-order valence-electron chi connectivity index (χ2n) is 6.25. The van der Waals surface area contributed by atoms with Crippen molar-refractivity contribution >= 4 is 18.3 Å². The molecule has 3 rings (SSSR count). The molecule has 5 nitrogen and oxygen atoms in total. The number of aliphatic hydroxyl groups excluding tert-OH is 1. The van der Waals surface area contributed by atoms with Crippen LogP contribution >= 0.6 is 12.4 Å². The molecular formula is C20H25ClN2O3. The van der Waals surface area contributed by atoms with Gasteiger partial charge in [0.15, 0.2) is 0 Å². The van der Waals surface area contributed by atoms with Crippen LogP contribution in [0.25, 0.3) is 11.1 Å². The second kappa shape index (κ2) is 10.2. The van der Waals surface area contributed by atoms with E-state index < -0.39 is 0 Å². The van der Waals surface area contributed by atoms with Gasteiger partial charge in [-0.3, -0.25) is 4.79 Å². The molecule has 0 saturated carbocycles. The average Bonchev–Trinajstić information content (AvgIpc) is 3.06. The van der Waals surface area contributed by atoms with Crippen molar-refractivity contribution in [3.63, 3.8) is 0 Å². The van der Waals surface area contributed by atoms with Crippen LogP contribution in [0.15, 0.2) is 54.6 Å². The molecule has 3 N–H and O–H groups in total. The normalized spacial score (nSPS) is 18.8. The zero-order chi connectivity index (χ0) is 17.5. The van der Waals surface area contributed by atoms with E-state index in [1.807, 2.05) is 54.6 Å². The molecule has 0 aliphatic carbocycles. The van der Waals surface area contributed by atoms with Crippen molar-refractivity contribution in [1.82, 2.24) is 10.6 Å². The Bertz CT molecular complexity index is 696. The Morgan fingerprint density at radius 1 is 1.12 bits per heavy atom. The van der Waals surface area contributed by atoms with Gasteiger partial charge in [0.1, 0.15) is 5.75 Å². The Balaban J connectivity index is 0.00000243. The van der Waals surface area contributed by atoms with E-state index in [4.69, 9.17) is 4.74 Å². The van der Waals surface area contributed by atoms with Crippen molar-refractivity contribution in [3.05, 3.63) is 54.6 Å². The zero-order valence-corrected chi connectivity index (χ0v) is 15.4. The fourth-order valence-corrected chi connectivity index (χ4v) is 2.96. The van der Waals surface area contributed by atoms with Crippen LogP contribution in [-0.2, 0) is 4.79 Å². The summed E-state index contributed by atoms with van der Waals surface area (Å²) in [6.45, 7) is 2.15. The van der Waals surface area contributed by atoms with Gasteiger partial charge in [-0.2, -0.15) is 0 Å². The van der Waals surface area contributed by atoms with E-state index in [-0.39, 0.29) is 30.3 Å². The molecule has 0 aromatic heterocycles. The number of carbonyl (C=O) groups is 1. The lowest BCUT2D eigenvalue weighted by Gasteiger charge is -2.15. The first-order chi connectivity index (χ1) is 12.2. The lowest BCUT2D eigenvalue weighted by Crippen LogP contribution is -2.34. The lowest BCUT2D eigenvalue weighted by molar-refractivity contribution is -0.121. The molecule has 0 bridgehead atoms. The number of hydrogen-bond acceptors (Lipinski definition) is 4. The second-order valence-corrected chi connectivity index (χ2v) is 6.25. The highest BCUT2D eigenvalue weighted by Crippen LogP contribution is 2.29. The highest BCUT2D eigenvalue weighted by atomic mass is 35.5. The van der Waals surface area contributed by atoms with Gasteiger partial charge < -0.3 is 20.5 Å². The molecule has 140 valence electrons. The summed E-state index contributed by atoms with van der Waals surface area (Å²) in [6, 6.07) is 17.9. The summed E-state index contributed by atoms with van der Waals surface area (Å²) in [4.78, 5) is 12.0.